The van der Waals surface area contributed by atoms with Crippen LogP contribution in [-0.2, 0) is 14.3 Å². The Hall–Kier alpha value is -2.70. The molecule has 1 saturated heterocycles. The zero-order chi connectivity index (χ0) is 20.5. The smallest absolute Gasteiger partial charge is 0.222 e. The van der Waals surface area contributed by atoms with E-state index in [9.17, 15) is 9.59 Å². The molecule has 1 fully saturated rings. The highest BCUT2D eigenvalue weighted by Crippen LogP contribution is 2.19. The topological polar surface area (TPSA) is 70.7 Å². The van der Waals surface area contributed by atoms with Gasteiger partial charge in [-0.3, -0.25) is 14.5 Å². The number of morpholine rings is 1. The molecule has 0 spiro atoms. The van der Waals surface area contributed by atoms with Gasteiger partial charge in [-0.25, -0.2) is 0 Å². The molecule has 2 amide bonds. The Morgan fingerprint density at radius 3 is 2.00 bits per heavy atom. The summed E-state index contributed by atoms with van der Waals surface area (Å²) in [5.41, 5.74) is 1.99. The first-order chi connectivity index (χ1) is 14.1. The van der Waals surface area contributed by atoms with Crippen LogP contribution in [0.15, 0.2) is 60.7 Å². The molecular weight excluding hydrogens is 366 g/mol. The Morgan fingerprint density at radius 2 is 1.45 bits per heavy atom. The van der Waals surface area contributed by atoms with Gasteiger partial charge in [-0.05, 0) is 11.1 Å². The molecule has 1 aliphatic rings. The lowest BCUT2D eigenvalue weighted by Gasteiger charge is -2.31. The molecule has 2 N–H and O–H groups in total. The van der Waals surface area contributed by atoms with Crippen molar-refractivity contribution < 1.29 is 14.3 Å². The molecule has 6 heteroatoms. The maximum Gasteiger partial charge on any atom is 0.222 e. The van der Waals surface area contributed by atoms with Crippen LogP contribution in [0.1, 0.15) is 36.6 Å². The Labute approximate surface area is 172 Å². The summed E-state index contributed by atoms with van der Waals surface area (Å²) in [5, 5.41) is 6.08. The van der Waals surface area contributed by atoms with Gasteiger partial charge in [-0.15, -0.1) is 0 Å². The van der Waals surface area contributed by atoms with E-state index in [-0.39, 0.29) is 30.3 Å². The molecule has 2 atom stereocenters. The highest BCUT2D eigenvalue weighted by atomic mass is 16.5. The molecule has 2 aromatic carbocycles. The third kappa shape index (κ3) is 6.69. The van der Waals surface area contributed by atoms with Crippen LogP contribution in [0.25, 0.3) is 0 Å². The number of carbonyl (C=O) groups is 2. The van der Waals surface area contributed by atoms with Crippen molar-refractivity contribution in [3.63, 3.8) is 0 Å². The Morgan fingerprint density at radius 1 is 0.897 bits per heavy atom. The van der Waals surface area contributed by atoms with Gasteiger partial charge in [0.25, 0.3) is 0 Å². The van der Waals surface area contributed by atoms with Gasteiger partial charge in [0, 0.05) is 26.6 Å². The van der Waals surface area contributed by atoms with E-state index in [1.807, 2.05) is 60.7 Å². The van der Waals surface area contributed by atoms with Crippen molar-refractivity contribution in [2.24, 2.45) is 0 Å². The van der Waals surface area contributed by atoms with E-state index in [0.29, 0.717) is 13.2 Å². The molecule has 1 heterocycles. The number of nitrogens with one attached hydrogen (secondary N) is 2. The van der Waals surface area contributed by atoms with E-state index in [1.54, 1.807) is 0 Å². The molecule has 0 radical (unpaired) electrons. The molecule has 29 heavy (non-hydrogen) atoms. The van der Waals surface area contributed by atoms with Crippen molar-refractivity contribution in [1.82, 2.24) is 15.5 Å². The fourth-order valence-corrected chi connectivity index (χ4v) is 3.58. The zero-order valence-electron chi connectivity index (χ0n) is 16.8. The number of benzene rings is 2. The molecule has 6 nitrogen and oxygen atoms in total. The van der Waals surface area contributed by atoms with Crippen molar-refractivity contribution in [2.75, 3.05) is 32.8 Å². The summed E-state index contributed by atoms with van der Waals surface area (Å²) in [6.45, 7) is 5.35. The minimum Gasteiger partial charge on any atom is -0.379 e. The summed E-state index contributed by atoms with van der Waals surface area (Å²) >= 11 is 0. The van der Waals surface area contributed by atoms with E-state index >= 15 is 0 Å². The molecule has 2 unspecified atom stereocenters. The van der Waals surface area contributed by atoms with E-state index in [2.05, 4.69) is 15.5 Å². The third-order valence-corrected chi connectivity index (χ3v) is 5.05. The predicted molar refractivity (Wildman–Crippen MR) is 112 cm³/mol. The standard InChI is InChI=1S/C23H29N3O3/c1-18(27)24-21(19-8-4-2-5-9-19)16-23(28)25-22(20-10-6-3-7-11-20)17-26-12-14-29-15-13-26/h2-11,21-22H,12-17H2,1H3,(H,24,27)(H,25,28). The summed E-state index contributed by atoms with van der Waals surface area (Å²) < 4.78 is 5.44. The third-order valence-electron chi connectivity index (χ3n) is 5.05. The zero-order valence-corrected chi connectivity index (χ0v) is 16.8. The lowest BCUT2D eigenvalue weighted by molar-refractivity contribution is -0.123. The van der Waals surface area contributed by atoms with Gasteiger partial charge in [0.2, 0.25) is 11.8 Å². The maximum atomic E-state index is 12.9. The van der Waals surface area contributed by atoms with Gasteiger partial charge >= 0.3 is 0 Å². The number of rotatable bonds is 8. The second kappa shape index (κ2) is 10.7. The molecule has 0 bridgehead atoms. The Kier molecular flexibility index (Phi) is 7.78. The molecule has 0 aromatic heterocycles. The Balaban J connectivity index is 1.69. The van der Waals surface area contributed by atoms with Crippen LogP contribution in [0.3, 0.4) is 0 Å². The van der Waals surface area contributed by atoms with E-state index in [0.717, 1.165) is 30.8 Å². The molecule has 3 rings (SSSR count). The molecule has 154 valence electrons. The highest BCUT2D eigenvalue weighted by Gasteiger charge is 2.23. The second-order valence-electron chi connectivity index (χ2n) is 7.31. The van der Waals surface area contributed by atoms with Crippen LogP contribution < -0.4 is 10.6 Å². The number of carbonyl (C=O) groups excluding carboxylic acids is 2. The molecule has 0 saturated carbocycles. The van der Waals surface area contributed by atoms with Crippen molar-refractivity contribution >= 4 is 11.8 Å². The van der Waals surface area contributed by atoms with Crippen LogP contribution in [0.2, 0.25) is 0 Å². The van der Waals surface area contributed by atoms with Crippen molar-refractivity contribution in [2.45, 2.75) is 25.4 Å². The SMILES string of the molecule is CC(=O)NC(CC(=O)NC(CN1CCOCC1)c1ccccc1)c1ccccc1. The van der Waals surface area contributed by atoms with Crippen molar-refractivity contribution in [3.05, 3.63) is 71.8 Å². The van der Waals surface area contributed by atoms with Gasteiger partial charge in [-0.2, -0.15) is 0 Å². The first-order valence-electron chi connectivity index (χ1n) is 10.1. The monoisotopic (exact) mass is 395 g/mol. The first-order valence-corrected chi connectivity index (χ1v) is 10.1. The molecule has 2 aromatic rings. The van der Waals surface area contributed by atoms with E-state index < -0.39 is 0 Å². The van der Waals surface area contributed by atoms with E-state index in [1.165, 1.54) is 6.92 Å². The predicted octanol–water partition coefficient (Wildman–Crippen LogP) is 2.44. The average molecular weight is 396 g/mol. The maximum absolute atomic E-state index is 12.9. The van der Waals surface area contributed by atoms with Crippen LogP contribution in [-0.4, -0.2) is 49.6 Å². The fraction of sp³-hybridized carbons (Fsp3) is 0.391. The van der Waals surface area contributed by atoms with Crippen LogP contribution in [0.4, 0.5) is 0 Å². The molecule has 0 aliphatic carbocycles. The second-order valence-corrected chi connectivity index (χ2v) is 7.31. The minimum atomic E-state index is -0.353. The van der Waals surface area contributed by atoms with Gasteiger partial charge in [-0.1, -0.05) is 60.7 Å². The summed E-state index contributed by atoms with van der Waals surface area (Å²) in [6, 6.07) is 19.1. The number of hydrogen-bond acceptors (Lipinski definition) is 4. The minimum absolute atomic E-state index is 0.0882. The number of hydrogen-bond donors (Lipinski definition) is 2. The van der Waals surface area contributed by atoms with Crippen LogP contribution in [0.5, 0.6) is 0 Å². The van der Waals surface area contributed by atoms with Crippen LogP contribution >= 0.6 is 0 Å². The Bertz CT molecular complexity index is 776. The fourth-order valence-electron chi connectivity index (χ4n) is 3.58. The van der Waals surface area contributed by atoms with Crippen LogP contribution in [0, 0.1) is 0 Å². The lowest BCUT2D eigenvalue weighted by Crippen LogP contribution is -2.43. The average Bonchev–Trinajstić information content (AvgIpc) is 2.74. The molecular formula is C23H29N3O3. The number of nitrogens with zero attached hydrogens (tertiary/aromatic N) is 1. The van der Waals surface area contributed by atoms with Gasteiger partial charge in [0.05, 0.1) is 31.7 Å². The highest BCUT2D eigenvalue weighted by molar-refractivity contribution is 5.79. The van der Waals surface area contributed by atoms with Gasteiger partial charge < -0.3 is 15.4 Å². The lowest BCUT2D eigenvalue weighted by atomic mass is 10.0. The normalized spacial score (nSPS) is 16.6. The first kappa shape index (κ1) is 21.0. The summed E-state index contributed by atoms with van der Waals surface area (Å²) in [6.07, 6.45) is 0.191. The van der Waals surface area contributed by atoms with Crippen molar-refractivity contribution in [3.8, 4) is 0 Å². The number of amides is 2. The largest absolute Gasteiger partial charge is 0.379 e. The summed E-state index contributed by atoms with van der Waals surface area (Å²) in [4.78, 5) is 26.9. The van der Waals surface area contributed by atoms with Gasteiger partial charge in [0.1, 0.15) is 0 Å². The summed E-state index contributed by atoms with van der Waals surface area (Å²) in [5.74, 6) is -0.241. The summed E-state index contributed by atoms with van der Waals surface area (Å²) in [7, 11) is 0. The van der Waals surface area contributed by atoms with Gasteiger partial charge in [0.15, 0.2) is 0 Å². The van der Waals surface area contributed by atoms with Crippen molar-refractivity contribution in [1.29, 1.82) is 0 Å². The quantitative estimate of drug-likeness (QED) is 0.720. The van der Waals surface area contributed by atoms with E-state index in [4.69, 9.17) is 4.74 Å². The number of ether oxygens (including phenoxy) is 1. The molecule has 1 aliphatic heterocycles.